The molecule has 1 N–H and O–H groups in total. The van der Waals surface area contributed by atoms with E-state index >= 15 is 0 Å². The van der Waals surface area contributed by atoms with E-state index in [-0.39, 0.29) is 18.1 Å². The van der Waals surface area contributed by atoms with E-state index < -0.39 is 0 Å². The summed E-state index contributed by atoms with van der Waals surface area (Å²) in [6.45, 7) is 5.54. The highest BCUT2D eigenvalue weighted by molar-refractivity contribution is 7.80. The van der Waals surface area contributed by atoms with Gasteiger partial charge in [0.25, 0.3) is 0 Å². The number of hydrogen-bond donors (Lipinski definition) is 1. The number of nitrogens with zero attached hydrogens (tertiary/aromatic N) is 1. The van der Waals surface area contributed by atoms with Gasteiger partial charge >= 0.3 is 5.97 Å². The quantitative estimate of drug-likeness (QED) is 0.535. The minimum Gasteiger partial charge on any atom is -0.493 e. The summed E-state index contributed by atoms with van der Waals surface area (Å²) in [5.74, 6) is 0.824. The Morgan fingerprint density at radius 3 is 2.52 bits per heavy atom. The fraction of sp³-hybridized carbons (Fsp3) is 0.333. The molecule has 1 atom stereocenters. The van der Waals surface area contributed by atoms with Gasteiger partial charge < -0.3 is 19.5 Å². The van der Waals surface area contributed by atoms with Crippen molar-refractivity contribution >= 4 is 40.3 Å². The van der Waals surface area contributed by atoms with Gasteiger partial charge in [-0.1, -0.05) is 0 Å². The molecule has 2 aromatic rings. The predicted molar refractivity (Wildman–Crippen MR) is 119 cm³/mol. The number of hydrogen-bond acceptors (Lipinski definition) is 6. The minimum absolute atomic E-state index is 0.227. The first-order valence-electron chi connectivity index (χ1n) is 9.13. The summed E-state index contributed by atoms with van der Waals surface area (Å²) in [6.07, 6.45) is -0.227. The molecule has 0 aliphatic carbocycles. The van der Waals surface area contributed by atoms with Crippen molar-refractivity contribution < 1.29 is 19.0 Å². The number of nitrogens with one attached hydrogen (secondary N) is 1. The second-order valence-electron chi connectivity index (χ2n) is 6.77. The second kappa shape index (κ2) is 8.84. The lowest BCUT2D eigenvalue weighted by molar-refractivity contribution is -0.143. The molecular weight excluding hydrogens is 408 g/mol. The first-order valence-corrected chi connectivity index (χ1v) is 10.5. The van der Waals surface area contributed by atoms with Crippen LogP contribution in [0.2, 0.25) is 0 Å². The first kappa shape index (κ1) is 21.1. The first-order chi connectivity index (χ1) is 13.9. The van der Waals surface area contributed by atoms with Gasteiger partial charge in [-0.3, -0.25) is 4.90 Å². The van der Waals surface area contributed by atoms with Gasteiger partial charge in [-0.25, -0.2) is 4.79 Å². The molecule has 1 aliphatic rings. The fourth-order valence-electron chi connectivity index (χ4n) is 3.25. The number of carbonyl (C=O) groups excluding carboxylic acids is 1. The van der Waals surface area contributed by atoms with Gasteiger partial charge in [0, 0.05) is 11.8 Å². The molecule has 6 nitrogen and oxygen atoms in total. The fourth-order valence-corrected chi connectivity index (χ4v) is 4.30. The van der Waals surface area contributed by atoms with Gasteiger partial charge in [-0.05, 0) is 67.5 Å². The van der Waals surface area contributed by atoms with E-state index in [0.717, 1.165) is 11.3 Å². The van der Waals surface area contributed by atoms with Crippen molar-refractivity contribution in [2.45, 2.75) is 32.9 Å². The van der Waals surface area contributed by atoms with Gasteiger partial charge in [0.15, 0.2) is 16.6 Å². The summed E-state index contributed by atoms with van der Waals surface area (Å²) in [4.78, 5) is 14.8. The van der Waals surface area contributed by atoms with Crippen LogP contribution in [-0.2, 0) is 9.53 Å². The van der Waals surface area contributed by atoms with Gasteiger partial charge in [-0.15, -0.1) is 0 Å². The number of ether oxygens (including phenoxy) is 3. The molecular formula is C21H24N2O4S2. The highest BCUT2D eigenvalue weighted by Gasteiger charge is 2.36. The molecule has 0 spiro atoms. The Kier molecular flexibility index (Phi) is 6.44. The summed E-state index contributed by atoms with van der Waals surface area (Å²) in [5.41, 5.74) is 2.97. The van der Waals surface area contributed by atoms with Crippen molar-refractivity contribution in [2.75, 3.05) is 19.1 Å². The van der Waals surface area contributed by atoms with Crippen LogP contribution in [0.1, 0.15) is 32.4 Å². The van der Waals surface area contributed by atoms with Crippen LogP contribution in [0.5, 0.6) is 11.5 Å². The van der Waals surface area contributed by atoms with E-state index in [9.17, 15) is 4.79 Å². The lowest BCUT2D eigenvalue weighted by Gasteiger charge is -2.37. The third kappa shape index (κ3) is 4.23. The Morgan fingerprint density at radius 1 is 1.21 bits per heavy atom. The summed E-state index contributed by atoms with van der Waals surface area (Å²) < 4.78 is 16.3. The summed E-state index contributed by atoms with van der Waals surface area (Å²) in [6, 6.07) is 7.12. The molecule has 29 heavy (non-hydrogen) atoms. The van der Waals surface area contributed by atoms with Crippen molar-refractivity contribution in [1.29, 1.82) is 0 Å². The molecule has 0 saturated heterocycles. The highest BCUT2D eigenvalue weighted by Crippen LogP contribution is 2.38. The zero-order chi connectivity index (χ0) is 21.1. The van der Waals surface area contributed by atoms with E-state index in [4.69, 9.17) is 26.4 Å². The summed E-state index contributed by atoms with van der Waals surface area (Å²) >= 11 is 7.23. The van der Waals surface area contributed by atoms with E-state index in [1.54, 1.807) is 31.6 Å². The van der Waals surface area contributed by atoms with Crippen LogP contribution in [0.3, 0.4) is 0 Å². The van der Waals surface area contributed by atoms with Crippen LogP contribution in [-0.4, -0.2) is 31.4 Å². The van der Waals surface area contributed by atoms with Gasteiger partial charge in [0.05, 0.1) is 37.6 Å². The SMILES string of the molecule is COc1ccc(N2C(=S)N[C@@H](c3ccsc3)C(C(=O)OC(C)C)=C2C)cc1OC. The smallest absolute Gasteiger partial charge is 0.338 e. The molecule has 8 heteroatoms. The largest absolute Gasteiger partial charge is 0.493 e. The van der Waals surface area contributed by atoms with Crippen LogP contribution in [0.15, 0.2) is 46.3 Å². The number of rotatable bonds is 6. The summed E-state index contributed by atoms with van der Waals surface area (Å²) in [7, 11) is 3.16. The molecule has 0 bridgehead atoms. The number of thiocarbonyl (C=S) groups is 1. The van der Waals surface area contributed by atoms with Crippen molar-refractivity contribution in [3.05, 3.63) is 51.9 Å². The van der Waals surface area contributed by atoms with E-state index in [1.165, 1.54) is 0 Å². The third-order valence-corrected chi connectivity index (χ3v) is 5.55. The monoisotopic (exact) mass is 432 g/mol. The van der Waals surface area contributed by atoms with Crippen molar-refractivity contribution in [3.63, 3.8) is 0 Å². The number of anilines is 1. The maximum Gasteiger partial charge on any atom is 0.338 e. The number of allylic oxidation sites excluding steroid dienone is 1. The second-order valence-corrected chi connectivity index (χ2v) is 7.93. The lowest BCUT2D eigenvalue weighted by Crippen LogP contribution is -2.48. The number of benzene rings is 1. The molecule has 0 saturated carbocycles. The number of carbonyl (C=O) groups is 1. The molecule has 154 valence electrons. The number of methoxy groups -OCH3 is 2. The Bertz CT molecular complexity index is 938. The molecule has 0 radical (unpaired) electrons. The van der Waals surface area contributed by atoms with Crippen LogP contribution >= 0.6 is 23.6 Å². The molecule has 3 rings (SSSR count). The average Bonchev–Trinajstić information content (AvgIpc) is 3.21. The number of thiophene rings is 1. The maximum atomic E-state index is 13.0. The van der Waals surface area contributed by atoms with Crippen LogP contribution < -0.4 is 19.7 Å². The van der Waals surface area contributed by atoms with Gasteiger partial charge in [0.2, 0.25) is 0 Å². The lowest BCUT2D eigenvalue weighted by atomic mass is 9.96. The molecule has 1 aromatic heterocycles. The molecule has 0 fully saturated rings. The molecule has 0 amide bonds. The molecule has 1 aliphatic heterocycles. The van der Waals surface area contributed by atoms with Gasteiger partial charge in [0.1, 0.15) is 0 Å². The topological polar surface area (TPSA) is 60.0 Å². The zero-order valence-corrected chi connectivity index (χ0v) is 18.6. The normalized spacial score (nSPS) is 16.7. The minimum atomic E-state index is -0.367. The standard InChI is InChI=1S/C21H24N2O4S2/c1-12(2)27-20(24)18-13(3)23(15-6-7-16(25-4)17(10-15)26-5)21(28)22-19(18)14-8-9-29-11-14/h6-12,19H,1-5H3,(H,22,28)/t19-/m0/s1. The maximum absolute atomic E-state index is 13.0. The van der Waals surface area contributed by atoms with Crippen LogP contribution in [0.25, 0.3) is 0 Å². The van der Waals surface area contributed by atoms with E-state index in [1.807, 2.05) is 54.6 Å². The van der Waals surface area contributed by atoms with Crippen molar-refractivity contribution in [1.82, 2.24) is 5.32 Å². The number of esters is 1. The van der Waals surface area contributed by atoms with Crippen LogP contribution in [0, 0.1) is 0 Å². The summed E-state index contributed by atoms with van der Waals surface area (Å²) in [5, 5.41) is 7.77. The van der Waals surface area contributed by atoms with Crippen molar-refractivity contribution in [2.24, 2.45) is 0 Å². The van der Waals surface area contributed by atoms with E-state index in [0.29, 0.717) is 27.9 Å². The Balaban J connectivity index is 2.12. The Hall–Kier alpha value is -2.58. The van der Waals surface area contributed by atoms with Crippen molar-refractivity contribution in [3.8, 4) is 11.5 Å². The van der Waals surface area contributed by atoms with Crippen LogP contribution in [0.4, 0.5) is 5.69 Å². The highest BCUT2D eigenvalue weighted by atomic mass is 32.1. The molecule has 1 aromatic carbocycles. The third-order valence-electron chi connectivity index (χ3n) is 4.55. The zero-order valence-electron chi connectivity index (χ0n) is 17.0. The molecule has 2 heterocycles. The van der Waals surface area contributed by atoms with E-state index in [2.05, 4.69) is 5.32 Å². The molecule has 0 unspecified atom stereocenters. The average molecular weight is 433 g/mol. The Labute approximate surface area is 180 Å². The predicted octanol–water partition coefficient (Wildman–Crippen LogP) is 4.43. The van der Waals surface area contributed by atoms with Gasteiger partial charge in [-0.2, -0.15) is 11.3 Å². The Morgan fingerprint density at radius 2 is 1.93 bits per heavy atom.